The molecule has 0 aliphatic carbocycles. The minimum atomic E-state index is -4.09. The topological polar surface area (TPSA) is 149 Å². The van der Waals surface area contributed by atoms with Crippen LogP contribution in [-0.4, -0.2) is 60.5 Å². The molecule has 1 aromatic heterocycles. The maximum atomic E-state index is 13.3. The first kappa shape index (κ1) is 28.9. The Kier molecular flexibility index (Phi) is 8.92. The summed E-state index contributed by atoms with van der Waals surface area (Å²) in [5.74, 6) is -1.43. The van der Waals surface area contributed by atoms with Gasteiger partial charge >= 0.3 is 0 Å². The third-order valence-corrected chi connectivity index (χ3v) is 8.63. The molecule has 1 saturated heterocycles. The highest BCUT2D eigenvalue weighted by Gasteiger charge is 2.35. The molecule has 208 valence electrons. The summed E-state index contributed by atoms with van der Waals surface area (Å²) in [7, 11) is -4.09. The van der Waals surface area contributed by atoms with E-state index >= 15 is 0 Å². The van der Waals surface area contributed by atoms with E-state index in [0.29, 0.717) is 18.4 Å². The van der Waals surface area contributed by atoms with Crippen LogP contribution in [0, 0.1) is 17.2 Å². The summed E-state index contributed by atoms with van der Waals surface area (Å²) in [6.45, 7) is 3.47. The number of para-hydroxylation sites is 1. The van der Waals surface area contributed by atoms with Gasteiger partial charge in [-0.1, -0.05) is 50.2 Å². The number of rotatable bonds is 8. The first-order chi connectivity index (χ1) is 19.1. The number of amides is 2. The average Bonchev–Trinajstić information content (AvgIpc) is 3.13. The Morgan fingerprint density at radius 2 is 1.82 bits per heavy atom. The molecule has 0 bridgehead atoms. The largest absolute Gasteiger partial charge is 0.344 e. The summed E-state index contributed by atoms with van der Waals surface area (Å²) < 4.78 is 27.5. The fourth-order valence-electron chi connectivity index (χ4n) is 4.68. The van der Waals surface area contributed by atoms with E-state index in [1.807, 2.05) is 38.1 Å². The zero-order valence-electron chi connectivity index (χ0n) is 22.3. The Balaban J connectivity index is 1.46. The number of nitrogens with zero attached hydrogens (tertiary/aromatic N) is 3. The highest BCUT2D eigenvalue weighted by Crippen LogP contribution is 2.22. The SMILES string of the molecule is CC(C)C[C@H](NC(=O)c1ccc2ccccc2n1)C(=O)NC1CCCN(S(=O)(=O)c2ccccc2C#N)CC1=O. The minimum absolute atomic E-state index is 0.00257. The van der Waals surface area contributed by atoms with Crippen LogP contribution in [0.3, 0.4) is 0 Å². The number of nitrogens with one attached hydrogen (secondary N) is 2. The van der Waals surface area contributed by atoms with E-state index in [1.165, 1.54) is 18.2 Å². The van der Waals surface area contributed by atoms with Gasteiger partial charge in [-0.2, -0.15) is 9.57 Å². The second-order valence-electron chi connectivity index (χ2n) is 10.2. The van der Waals surface area contributed by atoms with Gasteiger partial charge in [0.25, 0.3) is 5.91 Å². The van der Waals surface area contributed by atoms with Crippen molar-refractivity contribution in [1.82, 2.24) is 19.9 Å². The Hall–Kier alpha value is -4.14. The predicted octanol–water partition coefficient (Wildman–Crippen LogP) is 2.79. The van der Waals surface area contributed by atoms with E-state index in [-0.39, 0.29) is 35.0 Å². The van der Waals surface area contributed by atoms with Crippen molar-refractivity contribution in [2.45, 2.75) is 50.1 Å². The van der Waals surface area contributed by atoms with Gasteiger partial charge in [-0.25, -0.2) is 13.4 Å². The van der Waals surface area contributed by atoms with Crippen LogP contribution in [0.5, 0.6) is 0 Å². The zero-order chi connectivity index (χ0) is 28.9. The third kappa shape index (κ3) is 6.52. The fourth-order valence-corrected chi connectivity index (χ4v) is 6.26. The van der Waals surface area contributed by atoms with Crippen molar-refractivity contribution in [2.75, 3.05) is 13.1 Å². The lowest BCUT2D eigenvalue weighted by molar-refractivity contribution is -0.129. The zero-order valence-corrected chi connectivity index (χ0v) is 23.1. The molecule has 2 aromatic carbocycles. The molecule has 2 amide bonds. The Morgan fingerprint density at radius 1 is 1.10 bits per heavy atom. The smallest absolute Gasteiger partial charge is 0.270 e. The van der Waals surface area contributed by atoms with E-state index in [1.54, 1.807) is 24.3 Å². The second-order valence-corrected chi connectivity index (χ2v) is 12.1. The van der Waals surface area contributed by atoms with Crippen LogP contribution in [0.4, 0.5) is 0 Å². The normalized spacial score (nSPS) is 17.1. The molecule has 1 aliphatic rings. The maximum absolute atomic E-state index is 13.3. The van der Waals surface area contributed by atoms with Crippen LogP contribution in [-0.2, 0) is 19.6 Å². The number of pyridine rings is 1. The molecule has 0 spiro atoms. The number of carbonyl (C=O) groups is 3. The summed E-state index contributed by atoms with van der Waals surface area (Å²) in [5.41, 5.74) is 0.822. The van der Waals surface area contributed by atoms with Crippen LogP contribution in [0.2, 0.25) is 0 Å². The van der Waals surface area contributed by atoms with Gasteiger partial charge in [-0.3, -0.25) is 14.4 Å². The van der Waals surface area contributed by atoms with Crippen LogP contribution in [0.25, 0.3) is 10.9 Å². The molecule has 4 rings (SSSR count). The van der Waals surface area contributed by atoms with Crippen molar-refractivity contribution in [3.63, 3.8) is 0 Å². The lowest BCUT2D eigenvalue weighted by Gasteiger charge is -2.23. The van der Waals surface area contributed by atoms with Gasteiger partial charge in [0.1, 0.15) is 17.8 Å². The number of sulfonamides is 1. The number of ketones is 1. The average molecular weight is 562 g/mol. The van der Waals surface area contributed by atoms with E-state index in [4.69, 9.17) is 0 Å². The molecule has 40 heavy (non-hydrogen) atoms. The molecule has 11 heteroatoms. The number of aromatic nitrogens is 1. The highest BCUT2D eigenvalue weighted by atomic mass is 32.2. The fraction of sp³-hybridized carbons (Fsp3) is 0.345. The van der Waals surface area contributed by atoms with Crippen LogP contribution in [0.1, 0.15) is 49.2 Å². The van der Waals surface area contributed by atoms with Gasteiger partial charge in [-0.15, -0.1) is 0 Å². The standard InChI is InChI=1S/C29H31N5O5S/c1-19(2)16-25(33-28(36)24-14-13-20-8-3-5-10-22(20)31-24)29(37)32-23-11-7-15-34(18-26(23)35)40(38,39)27-12-6-4-9-21(27)17-30/h3-6,8-10,12-14,19,23,25H,7,11,15-16,18H2,1-2H3,(H,32,37)(H,33,36)/t23?,25-/m0/s1. The van der Waals surface area contributed by atoms with Gasteiger partial charge in [0.2, 0.25) is 15.9 Å². The van der Waals surface area contributed by atoms with Gasteiger partial charge in [0, 0.05) is 11.9 Å². The van der Waals surface area contributed by atoms with Crippen molar-refractivity contribution in [3.8, 4) is 6.07 Å². The van der Waals surface area contributed by atoms with Crippen molar-refractivity contribution in [1.29, 1.82) is 5.26 Å². The Labute approximate surface area is 233 Å². The molecular weight excluding hydrogens is 530 g/mol. The van der Waals surface area contributed by atoms with E-state index in [2.05, 4.69) is 15.6 Å². The molecule has 1 fully saturated rings. The van der Waals surface area contributed by atoms with Crippen LogP contribution < -0.4 is 10.6 Å². The van der Waals surface area contributed by atoms with Gasteiger partial charge in [0.05, 0.1) is 28.6 Å². The summed E-state index contributed by atoms with van der Waals surface area (Å²) in [6.07, 6.45) is 0.898. The number of carbonyl (C=O) groups excluding carboxylic acids is 3. The van der Waals surface area contributed by atoms with E-state index < -0.39 is 46.2 Å². The molecule has 1 unspecified atom stereocenters. The van der Waals surface area contributed by atoms with Gasteiger partial charge in [-0.05, 0) is 49.4 Å². The number of Topliss-reactive ketones (excluding diaryl/α,β-unsaturated/α-hetero) is 1. The molecule has 3 aromatic rings. The lowest BCUT2D eigenvalue weighted by Crippen LogP contribution is -2.52. The second kappa shape index (κ2) is 12.4. The number of benzene rings is 2. The van der Waals surface area contributed by atoms with E-state index in [0.717, 1.165) is 9.69 Å². The molecule has 0 saturated carbocycles. The number of fused-ring (bicyclic) bond motifs is 1. The summed E-state index contributed by atoms with van der Waals surface area (Å²) in [4.78, 5) is 43.7. The van der Waals surface area contributed by atoms with Gasteiger partial charge < -0.3 is 10.6 Å². The van der Waals surface area contributed by atoms with Crippen molar-refractivity contribution in [2.24, 2.45) is 5.92 Å². The molecule has 2 atom stereocenters. The number of hydrogen-bond acceptors (Lipinski definition) is 7. The Bertz CT molecular complexity index is 1580. The quantitative estimate of drug-likeness (QED) is 0.429. The predicted molar refractivity (Wildman–Crippen MR) is 149 cm³/mol. The first-order valence-corrected chi connectivity index (χ1v) is 14.5. The molecule has 2 N–H and O–H groups in total. The van der Waals surface area contributed by atoms with Crippen LogP contribution >= 0.6 is 0 Å². The molecule has 0 radical (unpaired) electrons. The number of hydrogen-bond donors (Lipinski definition) is 2. The summed E-state index contributed by atoms with van der Waals surface area (Å²) >= 11 is 0. The first-order valence-electron chi connectivity index (χ1n) is 13.1. The highest BCUT2D eigenvalue weighted by molar-refractivity contribution is 7.89. The van der Waals surface area contributed by atoms with Crippen molar-refractivity contribution < 1.29 is 22.8 Å². The van der Waals surface area contributed by atoms with Gasteiger partial charge in [0.15, 0.2) is 5.78 Å². The summed E-state index contributed by atoms with van der Waals surface area (Å²) in [6, 6.07) is 16.6. The monoisotopic (exact) mass is 561 g/mol. The third-order valence-electron chi connectivity index (χ3n) is 6.72. The Morgan fingerprint density at radius 3 is 2.58 bits per heavy atom. The maximum Gasteiger partial charge on any atom is 0.270 e. The van der Waals surface area contributed by atoms with E-state index in [9.17, 15) is 28.1 Å². The molecule has 2 heterocycles. The summed E-state index contributed by atoms with van der Waals surface area (Å²) in [5, 5.41) is 15.7. The molecule has 10 nitrogen and oxygen atoms in total. The number of nitriles is 1. The molecule has 1 aliphatic heterocycles. The lowest BCUT2D eigenvalue weighted by atomic mass is 10.0. The van der Waals surface area contributed by atoms with Crippen molar-refractivity contribution in [3.05, 3.63) is 71.9 Å². The molecular formula is C29H31N5O5S. The van der Waals surface area contributed by atoms with Crippen LogP contribution in [0.15, 0.2) is 65.6 Å². The minimum Gasteiger partial charge on any atom is -0.344 e. The van der Waals surface area contributed by atoms with Crippen molar-refractivity contribution >= 4 is 38.5 Å².